The number of pyridine rings is 1. The van der Waals surface area contributed by atoms with Crippen molar-refractivity contribution in [1.82, 2.24) is 9.88 Å². The minimum absolute atomic E-state index is 0.0239. The summed E-state index contributed by atoms with van der Waals surface area (Å²) in [7, 11) is 1.51. The molecule has 204 valence electrons. The number of aliphatic hydroxyl groups is 1. The van der Waals surface area contributed by atoms with Gasteiger partial charge in [0.1, 0.15) is 35.9 Å². The summed E-state index contributed by atoms with van der Waals surface area (Å²) in [6.45, 7) is 1.21. The number of methoxy groups -OCH3 is 1. The van der Waals surface area contributed by atoms with Gasteiger partial charge in [0.15, 0.2) is 0 Å². The van der Waals surface area contributed by atoms with Crippen LogP contribution in [0.2, 0.25) is 0 Å². The fraction of sp³-hybridized carbons (Fsp3) is 0.429. The van der Waals surface area contributed by atoms with E-state index in [1.54, 1.807) is 18.2 Å². The van der Waals surface area contributed by atoms with Gasteiger partial charge in [0.05, 0.1) is 24.6 Å². The van der Waals surface area contributed by atoms with Gasteiger partial charge >= 0.3 is 5.97 Å². The van der Waals surface area contributed by atoms with E-state index in [1.165, 1.54) is 13.3 Å². The number of aliphatic hydroxyl groups excluding tert-OH is 1. The first-order chi connectivity index (χ1) is 18.2. The van der Waals surface area contributed by atoms with Crippen molar-refractivity contribution in [1.29, 1.82) is 0 Å². The number of hydrogen-bond acceptors (Lipinski definition) is 6. The molecule has 1 atom stereocenters. The Hall–Kier alpha value is -3.37. The van der Waals surface area contributed by atoms with Gasteiger partial charge in [0, 0.05) is 47.5 Å². The second-order valence-electron chi connectivity index (χ2n) is 9.63. The van der Waals surface area contributed by atoms with Gasteiger partial charge in [-0.2, -0.15) is 0 Å². The molecule has 7 nitrogen and oxygen atoms in total. The van der Waals surface area contributed by atoms with E-state index in [9.17, 15) is 23.8 Å². The first-order valence-corrected chi connectivity index (χ1v) is 12.5. The van der Waals surface area contributed by atoms with Crippen molar-refractivity contribution in [2.24, 2.45) is 5.41 Å². The number of carbonyl (C=O) groups is 1. The molecule has 3 aromatic rings. The number of piperidine rings is 1. The molecule has 1 aliphatic rings. The van der Waals surface area contributed by atoms with Crippen molar-refractivity contribution in [2.75, 3.05) is 33.4 Å². The Morgan fingerprint density at radius 2 is 1.84 bits per heavy atom. The van der Waals surface area contributed by atoms with Gasteiger partial charge in [-0.15, -0.1) is 0 Å². The van der Waals surface area contributed by atoms with Crippen LogP contribution in [0.4, 0.5) is 13.2 Å². The molecule has 0 aliphatic carbocycles. The van der Waals surface area contributed by atoms with Crippen LogP contribution in [0.3, 0.4) is 0 Å². The predicted molar refractivity (Wildman–Crippen MR) is 135 cm³/mol. The van der Waals surface area contributed by atoms with Crippen LogP contribution in [0, 0.1) is 17.0 Å². The molecule has 2 aromatic carbocycles. The molecule has 1 aliphatic heterocycles. The fourth-order valence-corrected chi connectivity index (χ4v) is 5.08. The van der Waals surface area contributed by atoms with Crippen LogP contribution in [0.1, 0.15) is 43.0 Å². The SMILES string of the molecule is COc1ccc2ncc(CO)c([C@@H](F)CCC3(C(=O)O)CCN(CCOc4cc(F)cc(F)c4)CC3)c2c1. The lowest BCUT2D eigenvalue weighted by molar-refractivity contribution is -0.153. The quantitative estimate of drug-likeness (QED) is 0.357. The normalized spacial score (nSPS) is 16.3. The maximum Gasteiger partial charge on any atom is 0.309 e. The zero-order chi connectivity index (χ0) is 27.3. The summed E-state index contributed by atoms with van der Waals surface area (Å²) >= 11 is 0. The second kappa shape index (κ2) is 12.0. The van der Waals surface area contributed by atoms with E-state index in [2.05, 4.69) is 4.98 Å². The highest BCUT2D eigenvalue weighted by molar-refractivity contribution is 5.85. The molecule has 2 N–H and O–H groups in total. The van der Waals surface area contributed by atoms with E-state index in [-0.39, 0.29) is 31.8 Å². The summed E-state index contributed by atoms with van der Waals surface area (Å²) in [6, 6.07) is 8.09. The van der Waals surface area contributed by atoms with Crippen LogP contribution in [0.15, 0.2) is 42.6 Å². The lowest BCUT2D eigenvalue weighted by Gasteiger charge is -2.39. The Balaban J connectivity index is 1.39. The Morgan fingerprint density at radius 3 is 2.47 bits per heavy atom. The van der Waals surface area contributed by atoms with Crippen molar-refractivity contribution < 1.29 is 37.7 Å². The number of aliphatic carboxylic acids is 1. The van der Waals surface area contributed by atoms with Gasteiger partial charge in [0.2, 0.25) is 0 Å². The number of nitrogens with zero attached hydrogens (tertiary/aromatic N) is 2. The lowest BCUT2D eigenvalue weighted by Crippen LogP contribution is -2.45. The smallest absolute Gasteiger partial charge is 0.309 e. The molecule has 0 amide bonds. The van der Waals surface area contributed by atoms with Crippen molar-refractivity contribution in [3.8, 4) is 11.5 Å². The summed E-state index contributed by atoms with van der Waals surface area (Å²) in [5, 5.41) is 20.4. The molecule has 1 saturated heterocycles. The summed E-state index contributed by atoms with van der Waals surface area (Å²) in [5.41, 5.74) is 0.147. The fourth-order valence-electron chi connectivity index (χ4n) is 5.08. The molecule has 0 spiro atoms. The Morgan fingerprint density at radius 1 is 1.13 bits per heavy atom. The van der Waals surface area contributed by atoms with Crippen LogP contribution in [-0.4, -0.2) is 59.4 Å². The van der Waals surface area contributed by atoms with E-state index in [1.807, 2.05) is 4.90 Å². The minimum atomic E-state index is -1.50. The molecule has 0 saturated carbocycles. The van der Waals surface area contributed by atoms with Gasteiger partial charge in [-0.3, -0.25) is 14.7 Å². The molecular formula is C28H31F3N2O5. The molecule has 0 radical (unpaired) electrons. The molecule has 38 heavy (non-hydrogen) atoms. The number of alkyl halides is 1. The van der Waals surface area contributed by atoms with Gasteiger partial charge in [-0.25, -0.2) is 13.2 Å². The predicted octanol–water partition coefficient (Wildman–Crippen LogP) is 5.05. The number of halogens is 3. The number of fused-ring (bicyclic) bond motifs is 1. The first kappa shape index (κ1) is 27.7. The third-order valence-corrected chi connectivity index (χ3v) is 7.34. The van der Waals surface area contributed by atoms with Gasteiger partial charge in [-0.1, -0.05) is 0 Å². The standard InChI is InChI=1S/C28H31F3N2O5/c1-37-21-2-3-25-23(15-21)26(18(17-34)16-32-25)24(31)4-5-28(27(35)36)6-8-33(9-7-28)10-11-38-22-13-19(29)12-20(30)14-22/h2-3,12-16,24,34H,4-11,17H2,1H3,(H,35,36)/t24-/m0/s1. The molecule has 1 fully saturated rings. The number of carboxylic acids is 1. The average molecular weight is 533 g/mol. The first-order valence-electron chi connectivity index (χ1n) is 12.5. The summed E-state index contributed by atoms with van der Waals surface area (Å²) in [4.78, 5) is 18.6. The highest BCUT2D eigenvalue weighted by Gasteiger charge is 2.41. The molecular weight excluding hydrogens is 501 g/mol. The van der Waals surface area contributed by atoms with E-state index in [4.69, 9.17) is 9.47 Å². The number of ether oxygens (including phenoxy) is 2. The van der Waals surface area contributed by atoms with Crippen molar-refractivity contribution in [3.63, 3.8) is 0 Å². The van der Waals surface area contributed by atoms with E-state index in [0.29, 0.717) is 60.3 Å². The van der Waals surface area contributed by atoms with Crippen molar-refractivity contribution in [2.45, 2.75) is 38.5 Å². The minimum Gasteiger partial charge on any atom is -0.497 e. The molecule has 0 unspecified atom stereocenters. The zero-order valence-electron chi connectivity index (χ0n) is 21.1. The van der Waals surface area contributed by atoms with Crippen LogP contribution in [0.25, 0.3) is 10.9 Å². The zero-order valence-corrected chi connectivity index (χ0v) is 21.1. The van der Waals surface area contributed by atoms with Crippen LogP contribution >= 0.6 is 0 Å². The highest BCUT2D eigenvalue weighted by Crippen LogP contribution is 2.41. The maximum atomic E-state index is 15.7. The van der Waals surface area contributed by atoms with Crippen LogP contribution < -0.4 is 9.47 Å². The Labute approximate surface area is 218 Å². The van der Waals surface area contributed by atoms with Gasteiger partial charge in [-0.05, 0) is 57.0 Å². The highest BCUT2D eigenvalue weighted by atomic mass is 19.1. The Bertz CT molecular complexity index is 1260. The van der Waals surface area contributed by atoms with Crippen molar-refractivity contribution in [3.05, 3.63) is 65.4 Å². The van der Waals surface area contributed by atoms with Crippen LogP contribution in [-0.2, 0) is 11.4 Å². The molecule has 2 heterocycles. The topological polar surface area (TPSA) is 92.1 Å². The molecule has 0 bridgehead atoms. The third kappa shape index (κ3) is 6.19. The van der Waals surface area contributed by atoms with Gasteiger partial charge < -0.3 is 19.7 Å². The second-order valence-corrected chi connectivity index (χ2v) is 9.63. The maximum absolute atomic E-state index is 15.7. The molecule has 1 aromatic heterocycles. The number of rotatable bonds is 11. The summed E-state index contributed by atoms with van der Waals surface area (Å²) in [5.74, 6) is -1.78. The molecule has 10 heteroatoms. The third-order valence-electron chi connectivity index (χ3n) is 7.34. The van der Waals surface area contributed by atoms with E-state index < -0.39 is 29.2 Å². The monoisotopic (exact) mass is 532 g/mol. The molecule has 4 rings (SSSR count). The van der Waals surface area contributed by atoms with E-state index >= 15 is 4.39 Å². The van der Waals surface area contributed by atoms with Gasteiger partial charge in [0.25, 0.3) is 0 Å². The number of hydrogen-bond donors (Lipinski definition) is 2. The lowest BCUT2D eigenvalue weighted by atomic mass is 9.74. The Kier molecular flexibility index (Phi) is 8.73. The number of benzene rings is 2. The number of aromatic nitrogens is 1. The summed E-state index contributed by atoms with van der Waals surface area (Å²) in [6.07, 6.45) is 0.730. The number of likely N-dealkylation sites (tertiary alicyclic amines) is 1. The van der Waals surface area contributed by atoms with Crippen LogP contribution in [0.5, 0.6) is 11.5 Å². The average Bonchev–Trinajstić information content (AvgIpc) is 2.90. The number of carboxylic acid groups (broad SMARTS) is 1. The largest absolute Gasteiger partial charge is 0.497 e. The van der Waals surface area contributed by atoms with Crippen molar-refractivity contribution >= 4 is 16.9 Å². The summed E-state index contributed by atoms with van der Waals surface area (Å²) < 4.78 is 53.1. The van der Waals surface area contributed by atoms with E-state index in [0.717, 1.165) is 18.2 Å².